The molecule has 0 aliphatic heterocycles. The van der Waals surface area contributed by atoms with Crippen LogP contribution in [0.3, 0.4) is 0 Å². The molecule has 146 valence electrons. The molecule has 29 heavy (non-hydrogen) atoms. The molecule has 8 nitrogen and oxygen atoms in total. The van der Waals surface area contributed by atoms with Gasteiger partial charge in [-0.25, -0.2) is 18.9 Å². The van der Waals surface area contributed by atoms with Gasteiger partial charge in [-0.05, 0) is 31.5 Å². The van der Waals surface area contributed by atoms with Crippen LogP contribution >= 0.6 is 0 Å². The number of rotatable bonds is 5. The SMILES string of the molecule is Cc1ccc(CNC(=O)Cn2nc3cc(-c4ccccn4)nc(C)n3c2=O)cc1. The number of fused-ring (bicyclic) bond motifs is 1. The summed E-state index contributed by atoms with van der Waals surface area (Å²) in [6, 6.07) is 15.1. The molecule has 3 heterocycles. The largest absolute Gasteiger partial charge is 0.352 e. The average Bonchev–Trinajstić information content (AvgIpc) is 3.04. The third-order valence-electron chi connectivity index (χ3n) is 4.57. The fourth-order valence-corrected chi connectivity index (χ4v) is 3.05. The number of carbonyl (C=O) groups is 1. The van der Waals surface area contributed by atoms with E-state index in [1.54, 1.807) is 19.2 Å². The maximum atomic E-state index is 12.7. The maximum absolute atomic E-state index is 12.7. The predicted octanol–water partition coefficient (Wildman–Crippen LogP) is 1.89. The predicted molar refractivity (Wildman–Crippen MR) is 108 cm³/mol. The number of nitrogens with zero attached hydrogens (tertiary/aromatic N) is 5. The fraction of sp³-hybridized carbons (Fsp3) is 0.190. The second kappa shape index (κ2) is 7.67. The van der Waals surface area contributed by atoms with Crippen LogP contribution in [0.5, 0.6) is 0 Å². The molecular weight excluding hydrogens is 368 g/mol. The van der Waals surface area contributed by atoms with Crippen molar-refractivity contribution >= 4 is 11.6 Å². The van der Waals surface area contributed by atoms with Gasteiger partial charge in [-0.15, -0.1) is 5.10 Å². The van der Waals surface area contributed by atoms with Crippen LogP contribution in [0.25, 0.3) is 17.0 Å². The van der Waals surface area contributed by atoms with E-state index >= 15 is 0 Å². The zero-order valence-corrected chi connectivity index (χ0v) is 16.2. The lowest BCUT2D eigenvalue weighted by molar-refractivity contribution is -0.122. The Labute approximate surface area is 166 Å². The van der Waals surface area contributed by atoms with Crippen LogP contribution in [0.15, 0.2) is 59.5 Å². The lowest BCUT2D eigenvalue weighted by Gasteiger charge is -2.05. The first-order valence-electron chi connectivity index (χ1n) is 9.22. The molecule has 0 unspecified atom stereocenters. The van der Waals surface area contributed by atoms with E-state index in [9.17, 15) is 9.59 Å². The van der Waals surface area contributed by atoms with Crippen LogP contribution in [0.2, 0.25) is 0 Å². The highest BCUT2D eigenvalue weighted by Gasteiger charge is 2.15. The summed E-state index contributed by atoms with van der Waals surface area (Å²) in [5.74, 6) is 0.200. The second-order valence-electron chi connectivity index (χ2n) is 6.80. The molecule has 1 amide bonds. The Morgan fingerprint density at radius 3 is 2.59 bits per heavy atom. The van der Waals surface area contributed by atoms with Crippen molar-refractivity contribution < 1.29 is 4.79 Å². The van der Waals surface area contributed by atoms with E-state index in [1.807, 2.05) is 49.4 Å². The van der Waals surface area contributed by atoms with Crippen molar-refractivity contribution in [3.63, 3.8) is 0 Å². The molecule has 0 saturated carbocycles. The number of aromatic nitrogens is 5. The van der Waals surface area contributed by atoms with E-state index in [0.717, 1.165) is 15.8 Å². The fourth-order valence-electron chi connectivity index (χ4n) is 3.05. The van der Waals surface area contributed by atoms with Crippen LogP contribution in [0.4, 0.5) is 0 Å². The van der Waals surface area contributed by atoms with Gasteiger partial charge in [0.2, 0.25) is 5.91 Å². The lowest BCUT2D eigenvalue weighted by Crippen LogP contribution is -2.32. The Morgan fingerprint density at radius 2 is 1.86 bits per heavy atom. The van der Waals surface area contributed by atoms with Crippen molar-refractivity contribution in [2.24, 2.45) is 0 Å². The number of aryl methyl sites for hydroxylation is 2. The van der Waals surface area contributed by atoms with Crippen molar-refractivity contribution in [1.82, 2.24) is 29.5 Å². The lowest BCUT2D eigenvalue weighted by atomic mass is 10.1. The van der Waals surface area contributed by atoms with Gasteiger partial charge < -0.3 is 5.32 Å². The molecule has 0 bridgehead atoms. The van der Waals surface area contributed by atoms with Gasteiger partial charge in [0.1, 0.15) is 12.4 Å². The van der Waals surface area contributed by atoms with E-state index in [0.29, 0.717) is 29.4 Å². The van der Waals surface area contributed by atoms with Crippen LogP contribution in [-0.2, 0) is 17.9 Å². The molecule has 0 fully saturated rings. The van der Waals surface area contributed by atoms with Crippen LogP contribution in [-0.4, -0.2) is 30.1 Å². The summed E-state index contributed by atoms with van der Waals surface area (Å²) in [6.45, 7) is 3.97. The van der Waals surface area contributed by atoms with Crippen LogP contribution < -0.4 is 11.0 Å². The van der Waals surface area contributed by atoms with Crippen molar-refractivity contribution in [2.75, 3.05) is 0 Å². The van der Waals surface area contributed by atoms with E-state index < -0.39 is 5.69 Å². The third kappa shape index (κ3) is 3.91. The van der Waals surface area contributed by atoms with Gasteiger partial charge >= 0.3 is 5.69 Å². The molecule has 4 aromatic rings. The summed E-state index contributed by atoms with van der Waals surface area (Å²) in [6.07, 6.45) is 1.68. The average molecular weight is 388 g/mol. The molecule has 4 rings (SSSR count). The van der Waals surface area contributed by atoms with E-state index in [-0.39, 0.29) is 12.5 Å². The molecule has 0 saturated heterocycles. The van der Waals surface area contributed by atoms with Gasteiger partial charge in [-0.3, -0.25) is 9.78 Å². The van der Waals surface area contributed by atoms with E-state index in [2.05, 4.69) is 20.4 Å². The highest BCUT2D eigenvalue weighted by Crippen LogP contribution is 2.15. The molecule has 0 aliphatic carbocycles. The Morgan fingerprint density at radius 1 is 1.07 bits per heavy atom. The highest BCUT2D eigenvalue weighted by molar-refractivity contribution is 5.75. The number of carbonyl (C=O) groups excluding carboxylic acids is 1. The van der Waals surface area contributed by atoms with Gasteiger partial charge in [-0.1, -0.05) is 35.9 Å². The second-order valence-corrected chi connectivity index (χ2v) is 6.80. The van der Waals surface area contributed by atoms with Gasteiger partial charge in [0.25, 0.3) is 0 Å². The number of hydrogen-bond donors (Lipinski definition) is 1. The molecule has 0 atom stereocenters. The summed E-state index contributed by atoms with van der Waals surface area (Å²) >= 11 is 0. The Kier molecular flexibility index (Phi) is 4.90. The summed E-state index contributed by atoms with van der Waals surface area (Å²) in [4.78, 5) is 33.7. The third-order valence-corrected chi connectivity index (χ3v) is 4.57. The van der Waals surface area contributed by atoms with Crippen molar-refractivity contribution in [3.8, 4) is 11.4 Å². The molecule has 0 aliphatic rings. The minimum absolute atomic E-state index is 0.162. The van der Waals surface area contributed by atoms with Crippen molar-refractivity contribution in [1.29, 1.82) is 0 Å². The summed E-state index contributed by atoms with van der Waals surface area (Å²) in [5, 5.41) is 7.12. The van der Waals surface area contributed by atoms with Crippen molar-refractivity contribution in [3.05, 3.63) is 82.2 Å². The smallest absolute Gasteiger partial charge is 0.350 e. The summed E-state index contributed by atoms with van der Waals surface area (Å²) in [7, 11) is 0. The molecule has 0 radical (unpaired) electrons. The van der Waals surface area contributed by atoms with Gasteiger partial charge in [0.15, 0.2) is 5.65 Å². The molecule has 8 heteroatoms. The first-order chi connectivity index (χ1) is 14.0. The maximum Gasteiger partial charge on any atom is 0.352 e. The topological polar surface area (TPSA) is 94.2 Å². The number of amides is 1. The molecule has 0 spiro atoms. The Balaban J connectivity index is 1.55. The molecule has 1 aromatic carbocycles. The number of hydrogen-bond acceptors (Lipinski definition) is 5. The number of benzene rings is 1. The molecule has 1 N–H and O–H groups in total. The van der Waals surface area contributed by atoms with E-state index in [1.165, 1.54) is 4.40 Å². The van der Waals surface area contributed by atoms with E-state index in [4.69, 9.17) is 0 Å². The van der Waals surface area contributed by atoms with Gasteiger partial charge in [0.05, 0.1) is 11.4 Å². The van der Waals surface area contributed by atoms with Crippen LogP contribution in [0, 0.1) is 13.8 Å². The Hall–Kier alpha value is -3.81. The summed E-state index contributed by atoms with van der Waals surface area (Å²) < 4.78 is 2.54. The quantitative estimate of drug-likeness (QED) is 0.563. The Bertz CT molecular complexity index is 1230. The van der Waals surface area contributed by atoms with Crippen LogP contribution in [0.1, 0.15) is 17.0 Å². The normalized spacial score (nSPS) is 11.0. The monoisotopic (exact) mass is 388 g/mol. The summed E-state index contributed by atoms with van der Waals surface area (Å²) in [5.41, 5.74) is 3.49. The zero-order chi connectivity index (χ0) is 20.4. The molecule has 3 aromatic heterocycles. The highest BCUT2D eigenvalue weighted by atomic mass is 16.2. The molecular formula is C21H20N6O2. The first kappa shape index (κ1) is 18.5. The van der Waals surface area contributed by atoms with Crippen molar-refractivity contribution in [2.45, 2.75) is 26.9 Å². The number of pyridine rings is 1. The minimum Gasteiger partial charge on any atom is -0.350 e. The first-order valence-corrected chi connectivity index (χ1v) is 9.22. The standard InChI is InChI=1S/C21H20N6O2/c1-14-6-8-16(9-7-14)12-23-20(28)13-26-21(29)27-15(2)24-18(11-19(27)25-26)17-5-3-4-10-22-17/h3-11H,12-13H2,1-2H3,(H,23,28). The van der Waals surface area contributed by atoms with Gasteiger partial charge in [0, 0.05) is 18.8 Å². The van der Waals surface area contributed by atoms with Gasteiger partial charge in [-0.2, -0.15) is 0 Å². The minimum atomic E-state index is -0.400. The zero-order valence-electron chi connectivity index (χ0n) is 16.2. The number of nitrogens with one attached hydrogen (secondary N) is 1.